The number of benzene rings is 9. The normalized spacial score (nSPS) is 15.4. The SMILES string of the molecule is CC1(C)c2ccccc2-c2ccc(-c3ccc(-c4ccc5c(c4)N(c4ccc(C(=NCc6ccc(-c7ccccc7)cc6)c6ccc(-c7ccccc7)cc6)cc4)C4=CC=CCC45)cc3)cc21. The molecule has 2 nitrogen and oxygen atoms in total. The van der Waals surface area contributed by atoms with Gasteiger partial charge in [0.2, 0.25) is 0 Å². The number of fused-ring (bicyclic) bond motifs is 6. The fourth-order valence-electron chi connectivity index (χ4n) is 10.7. The Morgan fingerprint density at radius 3 is 1.67 bits per heavy atom. The van der Waals surface area contributed by atoms with Gasteiger partial charge in [-0.15, -0.1) is 0 Å². The Kier molecular flexibility index (Phi) is 10.1. The van der Waals surface area contributed by atoms with Crippen LogP contribution in [0.25, 0.3) is 55.6 Å². The second-order valence-corrected chi connectivity index (χ2v) is 18.6. The van der Waals surface area contributed by atoms with Gasteiger partial charge in [0.15, 0.2) is 0 Å². The molecule has 1 aliphatic heterocycles. The van der Waals surface area contributed by atoms with Gasteiger partial charge >= 0.3 is 0 Å². The summed E-state index contributed by atoms with van der Waals surface area (Å²) < 4.78 is 0. The zero-order valence-electron chi connectivity index (χ0n) is 37.9. The lowest BCUT2D eigenvalue weighted by molar-refractivity contribution is 0.660. The van der Waals surface area contributed by atoms with Crippen LogP contribution in [0, 0.1) is 0 Å². The maximum Gasteiger partial charge on any atom is 0.0723 e. The highest BCUT2D eigenvalue weighted by atomic mass is 15.2. The molecule has 2 aliphatic carbocycles. The van der Waals surface area contributed by atoms with Crippen LogP contribution in [0.15, 0.2) is 247 Å². The first-order valence-corrected chi connectivity index (χ1v) is 23.6. The molecule has 1 unspecified atom stereocenters. The third-order valence-corrected chi connectivity index (χ3v) is 14.3. The van der Waals surface area contributed by atoms with Gasteiger partial charge in [0.25, 0.3) is 0 Å². The molecule has 320 valence electrons. The lowest BCUT2D eigenvalue weighted by atomic mass is 9.81. The third kappa shape index (κ3) is 7.36. The molecular formula is C65H50N2. The molecular weight excluding hydrogens is 809 g/mol. The molecule has 9 aromatic carbocycles. The van der Waals surface area contributed by atoms with Gasteiger partial charge in [0.05, 0.1) is 17.9 Å². The van der Waals surface area contributed by atoms with E-state index in [9.17, 15) is 0 Å². The molecule has 67 heavy (non-hydrogen) atoms. The maximum absolute atomic E-state index is 5.35. The minimum Gasteiger partial charge on any atom is -0.313 e. The number of nitrogens with zero attached hydrogens (tertiary/aromatic N) is 2. The molecule has 0 aromatic heterocycles. The van der Waals surface area contributed by atoms with Gasteiger partial charge in [-0.2, -0.15) is 0 Å². The van der Waals surface area contributed by atoms with Crippen LogP contribution in [0.2, 0.25) is 0 Å². The van der Waals surface area contributed by atoms with Crippen LogP contribution in [0.5, 0.6) is 0 Å². The van der Waals surface area contributed by atoms with Crippen molar-refractivity contribution in [1.82, 2.24) is 0 Å². The molecule has 0 saturated carbocycles. The molecule has 1 heterocycles. The lowest BCUT2D eigenvalue weighted by Gasteiger charge is -2.25. The fraction of sp³-hybridized carbons (Fsp3) is 0.0923. The topological polar surface area (TPSA) is 15.6 Å². The Bertz CT molecular complexity index is 3370. The second kappa shape index (κ2) is 16.7. The van der Waals surface area contributed by atoms with Crippen LogP contribution in [-0.2, 0) is 12.0 Å². The molecule has 0 radical (unpaired) electrons. The first-order chi connectivity index (χ1) is 33.0. The molecule has 2 heteroatoms. The Hall–Kier alpha value is -8.07. The Balaban J connectivity index is 0.852. The van der Waals surface area contributed by atoms with Crippen LogP contribution in [0.3, 0.4) is 0 Å². The van der Waals surface area contributed by atoms with Crippen molar-refractivity contribution in [1.29, 1.82) is 0 Å². The van der Waals surface area contributed by atoms with E-state index in [1.807, 2.05) is 0 Å². The zero-order chi connectivity index (χ0) is 44.9. The fourth-order valence-corrected chi connectivity index (χ4v) is 10.7. The van der Waals surface area contributed by atoms with Crippen molar-refractivity contribution in [3.63, 3.8) is 0 Å². The van der Waals surface area contributed by atoms with Crippen molar-refractivity contribution in [3.05, 3.63) is 276 Å². The van der Waals surface area contributed by atoms with Gasteiger partial charge in [-0.3, -0.25) is 4.99 Å². The highest BCUT2D eigenvalue weighted by molar-refractivity contribution is 6.13. The monoisotopic (exact) mass is 858 g/mol. The van der Waals surface area contributed by atoms with Gasteiger partial charge in [-0.25, -0.2) is 0 Å². The van der Waals surface area contributed by atoms with E-state index in [1.165, 1.54) is 89.3 Å². The van der Waals surface area contributed by atoms with Crippen LogP contribution in [0.1, 0.15) is 59.6 Å². The van der Waals surface area contributed by atoms with Crippen molar-refractivity contribution < 1.29 is 0 Å². The molecule has 0 fully saturated rings. The number of allylic oxidation sites excluding steroid dienone is 4. The largest absolute Gasteiger partial charge is 0.313 e. The number of aliphatic imine (C=N–C) groups is 1. The number of hydrogen-bond donors (Lipinski definition) is 0. The molecule has 0 amide bonds. The summed E-state index contributed by atoms with van der Waals surface area (Å²) in [5, 5.41) is 0. The van der Waals surface area contributed by atoms with E-state index in [0.717, 1.165) is 28.9 Å². The standard InChI is InChI=1S/C65H50N2/c1-65(2)60-19-11-9-17-56(60)57-39-35-53(41-61(57)65)49-25-27-50(28-26-49)54-36-40-59-58-18-10-12-20-62(58)67(63(59)42-54)55-37-33-52(34-38-55)64(51-31-29-48(30-32-51)46-15-7-4-8-16-46)66-43-44-21-23-47(24-22-44)45-13-5-3-6-14-45/h3-17,19-42,58H,18,43H2,1-2H3. The van der Waals surface area contributed by atoms with E-state index < -0.39 is 0 Å². The van der Waals surface area contributed by atoms with E-state index in [-0.39, 0.29) is 5.41 Å². The maximum atomic E-state index is 5.35. The Labute approximate surface area is 394 Å². The summed E-state index contributed by atoms with van der Waals surface area (Å²) in [5.74, 6) is 0.319. The average molecular weight is 859 g/mol. The molecule has 0 saturated heterocycles. The van der Waals surface area contributed by atoms with Crippen molar-refractivity contribution in [2.75, 3.05) is 4.90 Å². The minimum absolute atomic E-state index is 0.0256. The van der Waals surface area contributed by atoms with Gasteiger partial charge in [0, 0.05) is 33.8 Å². The molecule has 3 aliphatic rings. The predicted molar refractivity (Wildman–Crippen MR) is 281 cm³/mol. The molecule has 0 N–H and O–H groups in total. The number of hydrogen-bond acceptors (Lipinski definition) is 2. The minimum atomic E-state index is -0.0256. The van der Waals surface area contributed by atoms with Crippen LogP contribution in [-0.4, -0.2) is 5.71 Å². The van der Waals surface area contributed by atoms with Crippen LogP contribution in [0.4, 0.5) is 11.4 Å². The van der Waals surface area contributed by atoms with Gasteiger partial charge in [-0.1, -0.05) is 220 Å². The number of rotatable bonds is 9. The van der Waals surface area contributed by atoms with E-state index in [0.29, 0.717) is 12.5 Å². The summed E-state index contributed by atoms with van der Waals surface area (Å²) in [6, 6.07) is 80.0. The first-order valence-electron chi connectivity index (χ1n) is 23.6. The summed E-state index contributed by atoms with van der Waals surface area (Å²) in [4.78, 5) is 7.83. The van der Waals surface area contributed by atoms with Gasteiger partial charge < -0.3 is 4.90 Å². The summed E-state index contributed by atoms with van der Waals surface area (Å²) in [7, 11) is 0. The van der Waals surface area contributed by atoms with Crippen LogP contribution >= 0.6 is 0 Å². The third-order valence-electron chi connectivity index (χ3n) is 14.3. The van der Waals surface area contributed by atoms with E-state index in [2.05, 4.69) is 255 Å². The molecule has 0 bridgehead atoms. The number of anilines is 2. The summed E-state index contributed by atoms with van der Waals surface area (Å²) in [5.41, 5.74) is 24.7. The van der Waals surface area contributed by atoms with Crippen molar-refractivity contribution in [3.8, 4) is 55.6 Å². The Morgan fingerprint density at radius 1 is 0.493 bits per heavy atom. The van der Waals surface area contributed by atoms with Crippen molar-refractivity contribution in [2.45, 2.75) is 38.1 Å². The summed E-state index contributed by atoms with van der Waals surface area (Å²) >= 11 is 0. The van der Waals surface area contributed by atoms with Gasteiger partial charge in [0.1, 0.15) is 0 Å². The average Bonchev–Trinajstić information content (AvgIpc) is 3.85. The Morgan fingerprint density at radius 2 is 1.00 bits per heavy atom. The smallest absolute Gasteiger partial charge is 0.0723 e. The van der Waals surface area contributed by atoms with Gasteiger partial charge in [-0.05, 0) is 115 Å². The molecule has 1 atom stereocenters. The lowest BCUT2D eigenvalue weighted by Crippen LogP contribution is -2.15. The quantitative estimate of drug-likeness (QED) is 0.132. The summed E-state index contributed by atoms with van der Waals surface area (Å²) in [6.07, 6.45) is 7.81. The highest BCUT2D eigenvalue weighted by Crippen LogP contribution is 2.52. The van der Waals surface area contributed by atoms with E-state index in [1.54, 1.807) is 0 Å². The highest BCUT2D eigenvalue weighted by Gasteiger charge is 2.36. The second-order valence-electron chi connectivity index (χ2n) is 18.6. The first kappa shape index (κ1) is 40.4. The van der Waals surface area contributed by atoms with E-state index in [4.69, 9.17) is 4.99 Å². The molecule has 9 aromatic rings. The van der Waals surface area contributed by atoms with Crippen molar-refractivity contribution >= 4 is 17.1 Å². The predicted octanol–water partition coefficient (Wildman–Crippen LogP) is 16.8. The zero-order valence-corrected chi connectivity index (χ0v) is 37.9. The van der Waals surface area contributed by atoms with E-state index >= 15 is 0 Å². The molecule has 12 rings (SSSR count). The summed E-state index contributed by atoms with van der Waals surface area (Å²) in [6.45, 7) is 5.28. The van der Waals surface area contributed by atoms with Crippen LogP contribution < -0.4 is 4.90 Å². The molecule has 0 spiro atoms. The van der Waals surface area contributed by atoms with Crippen molar-refractivity contribution in [2.24, 2.45) is 4.99 Å².